The minimum atomic E-state index is -3.24. The molecule has 1 aliphatic heterocycles. The highest BCUT2D eigenvalue weighted by molar-refractivity contribution is 7.90. The lowest BCUT2D eigenvalue weighted by molar-refractivity contribution is 0.102. The Kier molecular flexibility index (Phi) is 5.72. The summed E-state index contributed by atoms with van der Waals surface area (Å²) in [5, 5.41) is 5.12. The summed E-state index contributed by atoms with van der Waals surface area (Å²) in [4.78, 5) is 24.4. The Labute approximate surface area is 221 Å². The number of aromatic nitrogens is 2. The van der Waals surface area contributed by atoms with Gasteiger partial charge in [-0.2, -0.15) is 0 Å². The third kappa shape index (κ3) is 4.20. The monoisotopic (exact) mass is 524 g/mol. The number of benzene rings is 3. The lowest BCUT2D eigenvalue weighted by Gasteiger charge is -2.41. The summed E-state index contributed by atoms with van der Waals surface area (Å²) in [6, 6.07) is 22.9. The van der Waals surface area contributed by atoms with Gasteiger partial charge in [0.2, 0.25) is 0 Å². The quantitative estimate of drug-likeness (QED) is 0.312. The van der Waals surface area contributed by atoms with Crippen molar-refractivity contribution in [3.63, 3.8) is 0 Å². The van der Waals surface area contributed by atoms with Gasteiger partial charge in [0.1, 0.15) is 5.69 Å². The minimum absolute atomic E-state index is 0.119. The van der Waals surface area contributed by atoms with Crippen LogP contribution in [-0.2, 0) is 9.84 Å². The van der Waals surface area contributed by atoms with Crippen molar-refractivity contribution < 1.29 is 13.2 Å². The van der Waals surface area contributed by atoms with Gasteiger partial charge in [0.05, 0.1) is 16.1 Å². The zero-order chi connectivity index (χ0) is 26.6. The van der Waals surface area contributed by atoms with Gasteiger partial charge in [-0.05, 0) is 61.4 Å². The lowest BCUT2D eigenvalue weighted by atomic mass is 9.93. The van der Waals surface area contributed by atoms with Crippen molar-refractivity contribution >= 4 is 48.9 Å². The number of hydrogen-bond acceptors (Lipinski definition) is 5. The largest absolute Gasteiger partial charge is 0.370 e. The molecule has 192 valence electrons. The molecule has 6 rings (SSSR count). The Morgan fingerprint density at radius 2 is 1.63 bits per heavy atom. The van der Waals surface area contributed by atoms with Crippen LogP contribution in [0.3, 0.4) is 0 Å². The number of fused-ring (bicyclic) bond motifs is 3. The summed E-state index contributed by atoms with van der Waals surface area (Å²) in [5.74, 6) is -0.114. The number of sulfone groups is 1. The molecular formula is C30H28N4O3S. The van der Waals surface area contributed by atoms with E-state index in [1.54, 1.807) is 12.1 Å². The molecule has 0 radical (unpaired) electrons. The standard InChI is InChI=1S/C30H28N4O3S/c1-18-7-6-8-19(2)27(18)33-30(35)26-15-24-23-9-4-5-10-25(23)31-29(24)28(32-26)20-16-34(17-20)21-11-13-22(14-12-21)38(3,36)37/h4-15,20,31H,16-17H2,1-3H3,(H,33,35). The van der Waals surface area contributed by atoms with Crippen molar-refractivity contribution in [2.45, 2.75) is 24.7 Å². The Morgan fingerprint density at radius 1 is 0.947 bits per heavy atom. The average Bonchev–Trinajstić information content (AvgIpc) is 3.24. The molecule has 0 atom stereocenters. The van der Waals surface area contributed by atoms with Crippen LogP contribution in [0.15, 0.2) is 77.7 Å². The van der Waals surface area contributed by atoms with Crippen LogP contribution in [0.1, 0.15) is 33.2 Å². The van der Waals surface area contributed by atoms with E-state index in [1.807, 2.05) is 68.4 Å². The molecule has 2 aromatic heterocycles. The lowest BCUT2D eigenvalue weighted by Crippen LogP contribution is -2.45. The van der Waals surface area contributed by atoms with Crippen LogP contribution in [0, 0.1) is 13.8 Å². The number of para-hydroxylation sites is 2. The van der Waals surface area contributed by atoms with E-state index in [1.165, 1.54) is 6.26 Å². The van der Waals surface area contributed by atoms with E-state index in [-0.39, 0.29) is 11.8 Å². The maximum absolute atomic E-state index is 13.5. The van der Waals surface area contributed by atoms with Gasteiger partial charge in [-0.1, -0.05) is 36.4 Å². The molecule has 2 N–H and O–H groups in total. The van der Waals surface area contributed by atoms with Gasteiger partial charge >= 0.3 is 0 Å². The molecule has 1 fully saturated rings. The number of aromatic amines is 1. The van der Waals surface area contributed by atoms with E-state index in [2.05, 4.69) is 21.3 Å². The van der Waals surface area contributed by atoms with Gasteiger partial charge < -0.3 is 15.2 Å². The zero-order valence-electron chi connectivity index (χ0n) is 21.4. The molecule has 1 saturated heterocycles. The molecule has 0 aliphatic carbocycles. The Balaban J connectivity index is 1.35. The molecule has 5 aromatic rings. The molecule has 3 heterocycles. The van der Waals surface area contributed by atoms with Gasteiger partial charge in [-0.25, -0.2) is 13.4 Å². The van der Waals surface area contributed by atoms with Crippen LogP contribution in [0.4, 0.5) is 11.4 Å². The van der Waals surface area contributed by atoms with E-state index < -0.39 is 9.84 Å². The van der Waals surface area contributed by atoms with Gasteiger partial charge in [0.15, 0.2) is 9.84 Å². The number of carbonyl (C=O) groups excluding carboxylic acids is 1. The first-order valence-electron chi connectivity index (χ1n) is 12.5. The summed E-state index contributed by atoms with van der Waals surface area (Å²) in [6.07, 6.45) is 1.21. The van der Waals surface area contributed by atoms with Gasteiger partial charge in [-0.15, -0.1) is 0 Å². The second-order valence-electron chi connectivity index (χ2n) is 10.1. The third-order valence-corrected chi connectivity index (χ3v) is 8.50. The predicted octanol–water partition coefficient (Wildman–Crippen LogP) is 5.59. The van der Waals surface area contributed by atoms with Crippen molar-refractivity contribution in [2.75, 3.05) is 29.6 Å². The first-order valence-corrected chi connectivity index (χ1v) is 14.4. The summed E-state index contributed by atoms with van der Waals surface area (Å²) in [5.41, 5.74) is 6.99. The zero-order valence-corrected chi connectivity index (χ0v) is 22.3. The number of aryl methyl sites for hydroxylation is 2. The first-order chi connectivity index (χ1) is 18.2. The third-order valence-electron chi connectivity index (χ3n) is 7.37. The molecular weight excluding hydrogens is 496 g/mol. The summed E-state index contributed by atoms with van der Waals surface area (Å²) in [7, 11) is -3.24. The maximum atomic E-state index is 13.5. The first kappa shape index (κ1) is 24.2. The molecule has 1 aliphatic rings. The van der Waals surface area contributed by atoms with E-state index >= 15 is 0 Å². The summed E-state index contributed by atoms with van der Waals surface area (Å²) in [6.45, 7) is 5.40. The fourth-order valence-corrected chi connectivity index (χ4v) is 5.87. The Morgan fingerprint density at radius 3 is 2.32 bits per heavy atom. The van der Waals surface area contributed by atoms with Crippen molar-refractivity contribution in [1.29, 1.82) is 0 Å². The molecule has 1 amide bonds. The highest BCUT2D eigenvalue weighted by atomic mass is 32.2. The average molecular weight is 525 g/mol. The van der Waals surface area contributed by atoms with Crippen molar-refractivity contribution in [2.24, 2.45) is 0 Å². The molecule has 7 nitrogen and oxygen atoms in total. The molecule has 3 aromatic carbocycles. The van der Waals surface area contributed by atoms with Crippen LogP contribution in [0.5, 0.6) is 0 Å². The number of carbonyl (C=O) groups is 1. The van der Waals surface area contributed by atoms with Crippen molar-refractivity contribution in [3.05, 3.63) is 95.3 Å². The van der Waals surface area contributed by atoms with E-state index in [0.717, 1.165) is 63.1 Å². The van der Waals surface area contributed by atoms with Crippen LogP contribution >= 0.6 is 0 Å². The SMILES string of the molecule is Cc1cccc(C)c1NC(=O)c1cc2c([nH]c3ccccc32)c(C2CN(c3ccc(S(C)(=O)=O)cc3)C2)n1. The van der Waals surface area contributed by atoms with Gasteiger partial charge in [-0.3, -0.25) is 4.79 Å². The smallest absolute Gasteiger partial charge is 0.274 e. The number of amides is 1. The van der Waals surface area contributed by atoms with Crippen LogP contribution < -0.4 is 10.2 Å². The van der Waals surface area contributed by atoms with Crippen molar-refractivity contribution in [3.8, 4) is 0 Å². The number of H-pyrrole nitrogens is 1. The predicted molar refractivity (Wildman–Crippen MR) is 152 cm³/mol. The molecule has 0 saturated carbocycles. The number of anilines is 2. The molecule has 0 spiro atoms. The topological polar surface area (TPSA) is 95.2 Å². The molecule has 8 heteroatoms. The van der Waals surface area contributed by atoms with E-state index in [9.17, 15) is 13.2 Å². The minimum Gasteiger partial charge on any atom is -0.370 e. The number of hydrogen-bond donors (Lipinski definition) is 2. The fourth-order valence-electron chi connectivity index (χ4n) is 5.24. The molecule has 38 heavy (non-hydrogen) atoms. The van der Waals surface area contributed by atoms with E-state index in [4.69, 9.17) is 4.98 Å². The second kappa shape index (κ2) is 8.99. The number of rotatable bonds is 5. The van der Waals surface area contributed by atoms with Gasteiger partial charge in [0, 0.05) is 52.9 Å². The van der Waals surface area contributed by atoms with Crippen LogP contribution in [-0.4, -0.2) is 43.6 Å². The van der Waals surface area contributed by atoms with Crippen LogP contribution in [0.2, 0.25) is 0 Å². The summed E-state index contributed by atoms with van der Waals surface area (Å²) < 4.78 is 23.6. The van der Waals surface area contributed by atoms with E-state index in [0.29, 0.717) is 10.6 Å². The van der Waals surface area contributed by atoms with Gasteiger partial charge in [0.25, 0.3) is 5.91 Å². The van der Waals surface area contributed by atoms with Crippen LogP contribution in [0.25, 0.3) is 21.8 Å². The molecule has 0 bridgehead atoms. The maximum Gasteiger partial charge on any atom is 0.274 e. The highest BCUT2D eigenvalue weighted by Gasteiger charge is 2.32. The number of nitrogens with one attached hydrogen (secondary N) is 2. The number of nitrogens with zero attached hydrogens (tertiary/aromatic N) is 2. The summed E-state index contributed by atoms with van der Waals surface area (Å²) >= 11 is 0. The molecule has 0 unspecified atom stereocenters. The normalized spacial score (nSPS) is 14.1. The Bertz CT molecular complexity index is 1800. The fraction of sp³-hybridized carbons (Fsp3) is 0.200. The highest BCUT2D eigenvalue weighted by Crippen LogP contribution is 2.37. The Hall–Kier alpha value is -4.17. The van der Waals surface area contributed by atoms with Crippen molar-refractivity contribution in [1.82, 2.24) is 9.97 Å². The second-order valence-corrected chi connectivity index (χ2v) is 12.1. The number of pyridine rings is 1.